The van der Waals surface area contributed by atoms with Gasteiger partial charge in [-0.05, 0) is 13.0 Å². The van der Waals surface area contributed by atoms with Gasteiger partial charge in [-0.25, -0.2) is 0 Å². The standard InChI is InChI=1S/C20H22N4O6/c1-5-29-16(25)7-12-18-17(11(9-21)19(22)30-20(18)24-23-12)10-6-14(27-3)15(28-4)8-13(10)26-2/h6,8,17H,5,7,22H2,1-4H3,(H,23,24). The van der Waals surface area contributed by atoms with E-state index in [1.54, 1.807) is 19.1 Å². The monoisotopic (exact) mass is 414 g/mol. The summed E-state index contributed by atoms with van der Waals surface area (Å²) in [5, 5.41) is 16.7. The smallest absolute Gasteiger partial charge is 0.311 e. The van der Waals surface area contributed by atoms with Crippen molar-refractivity contribution < 1.29 is 28.5 Å². The average Bonchev–Trinajstić information content (AvgIpc) is 3.13. The van der Waals surface area contributed by atoms with Gasteiger partial charge < -0.3 is 29.4 Å². The van der Waals surface area contributed by atoms with Crippen LogP contribution in [0.15, 0.2) is 23.6 Å². The van der Waals surface area contributed by atoms with E-state index < -0.39 is 11.9 Å². The fourth-order valence-corrected chi connectivity index (χ4v) is 3.39. The highest BCUT2D eigenvalue weighted by Gasteiger charge is 2.38. The molecular formula is C20H22N4O6. The lowest BCUT2D eigenvalue weighted by Gasteiger charge is -2.26. The molecule has 10 nitrogen and oxygen atoms in total. The van der Waals surface area contributed by atoms with Gasteiger partial charge in [-0.3, -0.25) is 9.89 Å². The van der Waals surface area contributed by atoms with Crippen LogP contribution in [0.5, 0.6) is 23.1 Å². The lowest BCUT2D eigenvalue weighted by atomic mass is 9.83. The number of ether oxygens (including phenoxy) is 5. The molecule has 0 saturated heterocycles. The maximum absolute atomic E-state index is 12.1. The molecule has 0 fully saturated rings. The summed E-state index contributed by atoms with van der Waals surface area (Å²) < 4.78 is 26.9. The normalized spacial score (nSPS) is 15.0. The Labute approximate surface area is 173 Å². The van der Waals surface area contributed by atoms with Gasteiger partial charge in [0, 0.05) is 11.6 Å². The van der Waals surface area contributed by atoms with Gasteiger partial charge in [-0.1, -0.05) is 0 Å². The topological polar surface area (TPSA) is 142 Å². The number of nitriles is 1. The molecule has 0 saturated carbocycles. The van der Waals surface area contributed by atoms with Crippen molar-refractivity contribution in [3.05, 3.63) is 40.4 Å². The number of methoxy groups -OCH3 is 3. The molecular weight excluding hydrogens is 392 g/mol. The Morgan fingerprint density at radius 1 is 1.23 bits per heavy atom. The fourth-order valence-electron chi connectivity index (χ4n) is 3.39. The summed E-state index contributed by atoms with van der Waals surface area (Å²) in [4.78, 5) is 12.1. The van der Waals surface area contributed by atoms with Crippen molar-refractivity contribution in [1.82, 2.24) is 10.2 Å². The number of nitrogens with two attached hydrogens (primary N) is 1. The van der Waals surface area contributed by atoms with Crippen molar-refractivity contribution in [2.24, 2.45) is 5.73 Å². The fraction of sp³-hybridized carbons (Fsp3) is 0.350. The van der Waals surface area contributed by atoms with Crippen LogP contribution in [-0.2, 0) is 16.0 Å². The van der Waals surface area contributed by atoms with Gasteiger partial charge in [0.2, 0.25) is 11.8 Å². The van der Waals surface area contributed by atoms with Crippen LogP contribution in [0.2, 0.25) is 0 Å². The summed E-state index contributed by atoms with van der Waals surface area (Å²) in [6, 6.07) is 5.45. The number of nitrogens with zero attached hydrogens (tertiary/aromatic N) is 2. The van der Waals surface area contributed by atoms with E-state index >= 15 is 0 Å². The molecule has 2 heterocycles. The summed E-state index contributed by atoms with van der Waals surface area (Å²) in [6.07, 6.45) is -0.0791. The second-order valence-electron chi connectivity index (χ2n) is 6.28. The Kier molecular flexibility index (Phi) is 6.01. The number of fused-ring (bicyclic) bond motifs is 1. The molecule has 1 aliphatic rings. The Bertz CT molecular complexity index is 1040. The SMILES string of the molecule is CCOC(=O)Cc1[nH]nc2c1C(c1cc(OC)c(OC)cc1OC)C(C#N)=C(N)O2. The first-order valence-corrected chi connectivity index (χ1v) is 9.09. The lowest BCUT2D eigenvalue weighted by Crippen LogP contribution is -2.22. The molecule has 0 radical (unpaired) electrons. The minimum absolute atomic E-state index is 0.0791. The first-order chi connectivity index (χ1) is 14.5. The molecule has 0 spiro atoms. The number of aromatic amines is 1. The van der Waals surface area contributed by atoms with E-state index in [0.717, 1.165) is 0 Å². The molecule has 1 aliphatic heterocycles. The first kappa shape index (κ1) is 20.9. The highest BCUT2D eigenvalue weighted by molar-refractivity contribution is 5.74. The number of nitrogens with one attached hydrogen (secondary N) is 1. The molecule has 10 heteroatoms. The second-order valence-corrected chi connectivity index (χ2v) is 6.28. The van der Waals surface area contributed by atoms with Crippen molar-refractivity contribution >= 4 is 5.97 Å². The van der Waals surface area contributed by atoms with Crippen LogP contribution in [0.25, 0.3) is 0 Å². The van der Waals surface area contributed by atoms with Crippen molar-refractivity contribution in [2.75, 3.05) is 27.9 Å². The molecule has 1 aromatic carbocycles. The van der Waals surface area contributed by atoms with Crippen LogP contribution in [0, 0.1) is 11.3 Å². The number of benzene rings is 1. The van der Waals surface area contributed by atoms with Gasteiger partial charge in [0.1, 0.15) is 17.4 Å². The number of allylic oxidation sites excluding steroid dienone is 1. The summed E-state index contributed by atoms with van der Waals surface area (Å²) in [5.74, 6) is 0.273. The summed E-state index contributed by atoms with van der Waals surface area (Å²) >= 11 is 0. The predicted octanol–water partition coefficient (Wildman–Crippen LogP) is 1.76. The largest absolute Gasteiger partial charge is 0.496 e. The zero-order valence-corrected chi connectivity index (χ0v) is 17.1. The molecule has 1 aromatic heterocycles. The van der Waals surface area contributed by atoms with Crippen molar-refractivity contribution in [1.29, 1.82) is 5.26 Å². The van der Waals surface area contributed by atoms with Gasteiger partial charge in [-0.2, -0.15) is 5.26 Å². The Balaban J connectivity index is 2.23. The minimum Gasteiger partial charge on any atom is -0.496 e. The van der Waals surface area contributed by atoms with Crippen molar-refractivity contribution in [2.45, 2.75) is 19.3 Å². The molecule has 1 atom stereocenters. The number of carbonyl (C=O) groups excluding carboxylic acids is 1. The molecule has 3 rings (SSSR count). The minimum atomic E-state index is -0.711. The lowest BCUT2D eigenvalue weighted by molar-refractivity contribution is -0.142. The van der Waals surface area contributed by atoms with Crippen LogP contribution in [0.4, 0.5) is 0 Å². The van der Waals surface area contributed by atoms with Crippen molar-refractivity contribution in [3.63, 3.8) is 0 Å². The second kappa shape index (κ2) is 8.65. The predicted molar refractivity (Wildman–Crippen MR) is 104 cm³/mol. The Morgan fingerprint density at radius 2 is 1.90 bits per heavy atom. The van der Waals surface area contributed by atoms with Crippen LogP contribution in [0.3, 0.4) is 0 Å². The van der Waals surface area contributed by atoms with Crippen LogP contribution in [0.1, 0.15) is 29.7 Å². The number of aromatic nitrogens is 2. The summed E-state index contributed by atoms with van der Waals surface area (Å²) in [7, 11) is 4.51. The van der Waals surface area contributed by atoms with Gasteiger partial charge in [0.05, 0.1) is 51.5 Å². The number of hydrogen-bond donors (Lipinski definition) is 2. The highest BCUT2D eigenvalue weighted by atomic mass is 16.5. The molecule has 2 aromatic rings. The summed E-state index contributed by atoms with van der Waals surface area (Å²) in [5.41, 5.74) is 7.68. The van der Waals surface area contributed by atoms with Crippen molar-refractivity contribution in [3.8, 4) is 29.2 Å². The van der Waals surface area contributed by atoms with Gasteiger partial charge >= 0.3 is 5.97 Å². The molecule has 1 unspecified atom stereocenters. The molecule has 0 amide bonds. The third kappa shape index (κ3) is 3.57. The van der Waals surface area contributed by atoms with Crippen LogP contribution < -0.4 is 24.7 Å². The van der Waals surface area contributed by atoms with Gasteiger partial charge in [0.15, 0.2) is 11.5 Å². The number of esters is 1. The zero-order chi connectivity index (χ0) is 21.8. The van der Waals surface area contributed by atoms with Gasteiger partial charge in [0.25, 0.3) is 0 Å². The molecule has 0 aliphatic carbocycles. The van der Waals surface area contributed by atoms with E-state index in [4.69, 9.17) is 29.4 Å². The third-order valence-electron chi connectivity index (χ3n) is 4.69. The van der Waals surface area contributed by atoms with E-state index in [-0.39, 0.29) is 30.4 Å². The highest BCUT2D eigenvalue weighted by Crippen LogP contribution is 2.48. The molecule has 30 heavy (non-hydrogen) atoms. The number of hydrogen-bond acceptors (Lipinski definition) is 9. The van der Waals surface area contributed by atoms with Crippen LogP contribution >= 0.6 is 0 Å². The van der Waals surface area contributed by atoms with E-state index in [0.29, 0.717) is 34.1 Å². The number of carbonyl (C=O) groups is 1. The Morgan fingerprint density at radius 3 is 2.50 bits per heavy atom. The van der Waals surface area contributed by atoms with E-state index in [9.17, 15) is 10.1 Å². The molecule has 0 bridgehead atoms. The maximum Gasteiger partial charge on any atom is 0.311 e. The molecule has 158 valence electrons. The third-order valence-corrected chi connectivity index (χ3v) is 4.69. The number of H-pyrrole nitrogens is 1. The van der Waals surface area contributed by atoms with E-state index in [2.05, 4.69) is 16.3 Å². The number of rotatable bonds is 7. The first-order valence-electron chi connectivity index (χ1n) is 9.09. The summed E-state index contributed by atoms with van der Waals surface area (Å²) in [6.45, 7) is 1.97. The van der Waals surface area contributed by atoms with Crippen LogP contribution in [-0.4, -0.2) is 44.1 Å². The zero-order valence-electron chi connectivity index (χ0n) is 17.1. The van der Waals surface area contributed by atoms with Gasteiger partial charge in [-0.15, -0.1) is 5.10 Å². The van der Waals surface area contributed by atoms with E-state index in [1.807, 2.05) is 0 Å². The molecule has 3 N–H and O–H groups in total. The average molecular weight is 414 g/mol. The maximum atomic E-state index is 12.1. The van der Waals surface area contributed by atoms with E-state index in [1.165, 1.54) is 21.3 Å². The Hall–Kier alpha value is -3.87. The quantitative estimate of drug-likeness (QED) is 0.648.